The monoisotopic (exact) mass is 235 g/mol. The Morgan fingerprint density at radius 1 is 1.00 bits per heavy atom. The van der Waals surface area contributed by atoms with E-state index >= 15 is 0 Å². The summed E-state index contributed by atoms with van der Waals surface area (Å²) >= 11 is 0. The maximum atomic E-state index is 9.16. The topological polar surface area (TPSA) is 32.3 Å². The maximum Gasteiger partial charge on any atom is 0.0607 e. The van der Waals surface area contributed by atoms with E-state index < -0.39 is 0 Å². The van der Waals surface area contributed by atoms with Gasteiger partial charge in [-0.3, -0.25) is 0 Å². The van der Waals surface area contributed by atoms with Crippen molar-refractivity contribution in [2.75, 3.05) is 6.61 Å². The molecule has 2 nitrogen and oxygen atoms in total. The van der Waals surface area contributed by atoms with Gasteiger partial charge < -0.3 is 10.4 Å². The summed E-state index contributed by atoms with van der Waals surface area (Å²) in [7, 11) is 0. The maximum absolute atomic E-state index is 9.16. The molecule has 0 radical (unpaired) electrons. The minimum absolute atomic E-state index is 0.146. The molecule has 1 aromatic carbocycles. The smallest absolute Gasteiger partial charge is 0.0607 e. The standard InChI is InChI=1S/C15H25NO/c1-14(2,3)13-8-6-12(7-9-13)10-16-15(4,5)11-17/h6-9,16-17H,10-11H2,1-5H3. The lowest BCUT2D eigenvalue weighted by Crippen LogP contribution is -2.42. The van der Waals surface area contributed by atoms with Crippen LogP contribution in [0, 0.1) is 0 Å². The first-order valence-corrected chi connectivity index (χ1v) is 6.20. The number of benzene rings is 1. The van der Waals surface area contributed by atoms with E-state index in [0.29, 0.717) is 0 Å². The van der Waals surface area contributed by atoms with Gasteiger partial charge in [0, 0.05) is 12.1 Å². The van der Waals surface area contributed by atoms with Crippen LogP contribution < -0.4 is 5.32 Å². The molecule has 0 aliphatic rings. The normalized spacial score (nSPS) is 12.8. The lowest BCUT2D eigenvalue weighted by molar-refractivity contribution is 0.187. The van der Waals surface area contributed by atoms with Crippen LogP contribution in [0.25, 0.3) is 0 Å². The SMILES string of the molecule is CC(C)(CO)NCc1ccc(C(C)(C)C)cc1. The fraction of sp³-hybridized carbons (Fsp3) is 0.600. The fourth-order valence-corrected chi connectivity index (χ4v) is 1.52. The summed E-state index contributed by atoms with van der Waals surface area (Å²) in [6, 6.07) is 8.67. The Kier molecular flexibility index (Phi) is 4.34. The van der Waals surface area contributed by atoms with Gasteiger partial charge in [-0.05, 0) is 30.4 Å². The van der Waals surface area contributed by atoms with E-state index in [4.69, 9.17) is 5.11 Å². The van der Waals surface area contributed by atoms with Crippen molar-refractivity contribution in [3.63, 3.8) is 0 Å². The van der Waals surface area contributed by atoms with Crippen LogP contribution >= 0.6 is 0 Å². The van der Waals surface area contributed by atoms with Crippen LogP contribution in [0.15, 0.2) is 24.3 Å². The molecule has 0 bridgehead atoms. The Morgan fingerprint density at radius 2 is 1.53 bits per heavy atom. The molecular weight excluding hydrogens is 210 g/mol. The van der Waals surface area contributed by atoms with Gasteiger partial charge in [0.25, 0.3) is 0 Å². The molecule has 96 valence electrons. The molecule has 0 aliphatic heterocycles. The molecule has 2 N–H and O–H groups in total. The van der Waals surface area contributed by atoms with E-state index in [0.717, 1.165) is 6.54 Å². The second-order valence-corrected chi connectivity index (χ2v) is 6.34. The minimum atomic E-state index is -0.220. The lowest BCUT2D eigenvalue weighted by Gasteiger charge is -2.24. The van der Waals surface area contributed by atoms with Crippen molar-refractivity contribution in [1.29, 1.82) is 0 Å². The van der Waals surface area contributed by atoms with Crippen LogP contribution in [-0.4, -0.2) is 17.3 Å². The van der Waals surface area contributed by atoms with Gasteiger partial charge in [-0.25, -0.2) is 0 Å². The van der Waals surface area contributed by atoms with Gasteiger partial charge in [-0.2, -0.15) is 0 Å². The molecule has 1 aromatic rings. The lowest BCUT2D eigenvalue weighted by atomic mass is 9.87. The van der Waals surface area contributed by atoms with Crippen LogP contribution in [0.3, 0.4) is 0 Å². The first-order valence-electron chi connectivity index (χ1n) is 6.20. The Bertz CT molecular complexity index is 346. The van der Waals surface area contributed by atoms with E-state index in [1.807, 2.05) is 13.8 Å². The third-order valence-corrected chi connectivity index (χ3v) is 2.99. The Labute approximate surface area is 105 Å². The summed E-state index contributed by atoms with van der Waals surface area (Å²) < 4.78 is 0. The third kappa shape index (κ3) is 4.49. The van der Waals surface area contributed by atoms with Gasteiger partial charge in [0.1, 0.15) is 0 Å². The van der Waals surface area contributed by atoms with Crippen LogP contribution in [0.5, 0.6) is 0 Å². The predicted octanol–water partition coefficient (Wildman–Crippen LogP) is 2.84. The molecule has 0 unspecified atom stereocenters. The third-order valence-electron chi connectivity index (χ3n) is 2.99. The molecule has 0 aromatic heterocycles. The van der Waals surface area contributed by atoms with E-state index in [1.54, 1.807) is 0 Å². The summed E-state index contributed by atoms with van der Waals surface area (Å²) in [6.07, 6.45) is 0. The molecule has 0 fully saturated rings. The minimum Gasteiger partial charge on any atom is -0.394 e. The first kappa shape index (κ1) is 14.2. The molecule has 0 aliphatic carbocycles. The van der Waals surface area contributed by atoms with Crippen molar-refractivity contribution in [2.45, 2.75) is 52.1 Å². The highest BCUT2D eigenvalue weighted by atomic mass is 16.3. The van der Waals surface area contributed by atoms with Crippen LogP contribution in [-0.2, 0) is 12.0 Å². The van der Waals surface area contributed by atoms with Crippen molar-refractivity contribution in [3.8, 4) is 0 Å². The second-order valence-electron chi connectivity index (χ2n) is 6.34. The van der Waals surface area contributed by atoms with Gasteiger partial charge in [0.15, 0.2) is 0 Å². The molecule has 1 rings (SSSR count). The zero-order valence-electron chi connectivity index (χ0n) is 11.7. The van der Waals surface area contributed by atoms with E-state index in [-0.39, 0.29) is 17.6 Å². The Balaban J connectivity index is 2.64. The highest BCUT2D eigenvalue weighted by Crippen LogP contribution is 2.22. The van der Waals surface area contributed by atoms with E-state index in [2.05, 4.69) is 50.4 Å². The number of aliphatic hydroxyl groups excluding tert-OH is 1. The first-order chi connectivity index (χ1) is 7.74. The number of hydrogen-bond donors (Lipinski definition) is 2. The molecule has 0 heterocycles. The Hall–Kier alpha value is -0.860. The van der Waals surface area contributed by atoms with Crippen LogP contribution in [0.4, 0.5) is 0 Å². The highest BCUT2D eigenvalue weighted by Gasteiger charge is 2.15. The Morgan fingerprint density at radius 3 is 1.94 bits per heavy atom. The van der Waals surface area contributed by atoms with Crippen molar-refractivity contribution < 1.29 is 5.11 Å². The molecule has 17 heavy (non-hydrogen) atoms. The molecule has 2 heteroatoms. The van der Waals surface area contributed by atoms with E-state index in [1.165, 1.54) is 11.1 Å². The van der Waals surface area contributed by atoms with Crippen molar-refractivity contribution in [3.05, 3.63) is 35.4 Å². The summed E-state index contributed by atoms with van der Waals surface area (Å²) in [5.41, 5.74) is 2.58. The highest BCUT2D eigenvalue weighted by molar-refractivity contribution is 5.27. The molecule has 0 saturated carbocycles. The van der Waals surface area contributed by atoms with Crippen molar-refractivity contribution in [2.24, 2.45) is 0 Å². The van der Waals surface area contributed by atoms with Gasteiger partial charge in [0.2, 0.25) is 0 Å². The zero-order chi connectivity index (χ0) is 13.1. The van der Waals surface area contributed by atoms with E-state index in [9.17, 15) is 0 Å². The van der Waals surface area contributed by atoms with Crippen LogP contribution in [0.1, 0.15) is 45.7 Å². The van der Waals surface area contributed by atoms with Gasteiger partial charge in [-0.1, -0.05) is 45.0 Å². The van der Waals surface area contributed by atoms with Gasteiger partial charge in [0.05, 0.1) is 6.61 Å². The molecule has 0 atom stereocenters. The summed E-state index contributed by atoms with van der Waals surface area (Å²) in [5.74, 6) is 0. The fourth-order valence-electron chi connectivity index (χ4n) is 1.52. The number of rotatable bonds is 4. The van der Waals surface area contributed by atoms with Crippen LogP contribution in [0.2, 0.25) is 0 Å². The zero-order valence-corrected chi connectivity index (χ0v) is 11.7. The molecule has 0 spiro atoms. The molecule has 0 saturated heterocycles. The van der Waals surface area contributed by atoms with Gasteiger partial charge >= 0.3 is 0 Å². The number of aliphatic hydroxyl groups is 1. The quantitative estimate of drug-likeness (QED) is 0.841. The summed E-state index contributed by atoms with van der Waals surface area (Å²) in [4.78, 5) is 0. The average molecular weight is 235 g/mol. The second kappa shape index (κ2) is 5.19. The molecule has 0 amide bonds. The average Bonchev–Trinajstić information content (AvgIpc) is 2.26. The van der Waals surface area contributed by atoms with Crippen molar-refractivity contribution in [1.82, 2.24) is 5.32 Å². The summed E-state index contributed by atoms with van der Waals surface area (Å²) in [6.45, 7) is 11.6. The van der Waals surface area contributed by atoms with Gasteiger partial charge in [-0.15, -0.1) is 0 Å². The largest absolute Gasteiger partial charge is 0.394 e. The van der Waals surface area contributed by atoms with Crippen molar-refractivity contribution >= 4 is 0 Å². The molecular formula is C15H25NO. The summed E-state index contributed by atoms with van der Waals surface area (Å²) in [5, 5.41) is 12.5. The number of hydrogen-bond acceptors (Lipinski definition) is 2. The predicted molar refractivity (Wildman–Crippen MR) is 73.1 cm³/mol. The number of nitrogens with one attached hydrogen (secondary N) is 1.